The molecule has 2 aliphatic rings. The van der Waals surface area contributed by atoms with Gasteiger partial charge in [0.25, 0.3) is 5.91 Å². The summed E-state index contributed by atoms with van der Waals surface area (Å²) < 4.78 is 0.998. The number of carbonyl (C=O) groups is 1. The third kappa shape index (κ3) is 4.41. The SMILES string of the molecule is O=C(C1CC(c2cccc(Br)c2)=NO1)N1CCC(Cc2ccccc2)CC1. The van der Waals surface area contributed by atoms with E-state index in [-0.39, 0.29) is 5.91 Å². The Morgan fingerprint density at radius 3 is 2.63 bits per heavy atom. The summed E-state index contributed by atoms with van der Waals surface area (Å²) in [6, 6.07) is 18.5. The van der Waals surface area contributed by atoms with Gasteiger partial charge in [-0.2, -0.15) is 0 Å². The molecule has 4 rings (SSSR count). The van der Waals surface area contributed by atoms with Gasteiger partial charge in [0.15, 0.2) is 0 Å². The highest BCUT2D eigenvalue weighted by molar-refractivity contribution is 9.10. The molecule has 0 N–H and O–H groups in total. The molecule has 0 spiro atoms. The Hall–Kier alpha value is -2.14. The first-order valence-electron chi connectivity index (χ1n) is 9.50. The van der Waals surface area contributed by atoms with Crippen molar-refractivity contribution in [2.24, 2.45) is 11.1 Å². The predicted molar refractivity (Wildman–Crippen MR) is 110 cm³/mol. The molecule has 1 atom stereocenters. The molecule has 0 radical (unpaired) electrons. The summed E-state index contributed by atoms with van der Waals surface area (Å²) in [7, 11) is 0. The molecule has 2 aromatic rings. The van der Waals surface area contributed by atoms with Gasteiger partial charge in [0, 0.05) is 29.5 Å². The van der Waals surface area contributed by atoms with E-state index < -0.39 is 6.10 Å². The van der Waals surface area contributed by atoms with Crippen molar-refractivity contribution < 1.29 is 9.63 Å². The van der Waals surface area contributed by atoms with E-state index in [1.165, 1.54) is 5.56 Å². The number of rotatable bonds is 4. The van der Waals surface area contributed by atoms with Gasteiger partial charge < -0.3 is 9.74 Å². The van der Waals surface area contributed by atoms with E-state index >= 15 is 0 Å². The van der Waals surface area contributed by atoms with Crippen molar-refractivity contribution in [1.29, 1.82) is 0 Å². The fourth-order valence-corrected chi connectivity index (χ4v) is 4.26. The molecular formula is C22H23BrN2O2. The molecule has 27 heavy (non-hydrogen) atoms. The van der Waals surface area contributed by atoms with E-state index in [4.69, 9.17) is 4.84 Å². The molecule has 1 saturated heterocycles. The molecule has 5 heteroatoms. The van der Waals surface area contributed by atoms with Crippen molar-refractivity contribution in [2.45, 2.75) is 31.8 Å². The number of piperidine rings is 1. The Labute approximate surface area is 168 Å². The quantitative estimate of drug-likeness (QED) is 0.725. The molecule has 0 aliphatic carbocycles. The molecule has 4 nitrogen and oxygen atoms in total. The molecule has 0 aromatic heterocycles. The van der Waals surface area contributed by atoms with Gasteiger partial charge in [0.1, 0.15) is 0 Å². The summed E-state index contributed by atoms with van der Waals surface area (Å²) in [5.74, 6) is 0.719. The molecular weight excluding hydrogens is 404 g/mol. The van der Waals surface area contributed by atoms with Gasteiger partial charge in [-0.05, 0) is 42.9 Å². The first-order chi connectivity index (χ1) is 13.2. The van der Waals surface area contributed by atoms with Gasteiger partial charge in [0.05, 0.1) is 5.71 Å². The van der Waals surface area contributed by atoms with Gasteiger partial charge in [-0.1, -0.05) is 63.6 Å². The number of halogens is 1. The highest BCUT2D eigenvalue weighted by atomic mass is 79.9. The lowest BCUT2D eigenvalue weighted by atomic mass is 9.90. The summed E-state index contributed by atoms with van der Waals surface area (Å²) in [4.78, 5) is 20.3. The van der Waals surface area contributed by atoms with Crippen LogP contribution in [0.15, 0.2) is 64.2 Å². The lowest BCUT2D eigenvalue weighted by molar-refractivity contribution is -0.143. The average molecular weight is 427 g/mol. The highest BCUT2D eigenvalue weighted by Crippen LogP contribution is 2.25. The second-order valence-electron chi connectivity index (χ2n) is 7.30. The summed E-state index contributed by atoms with van der Waals surface area (Å²) in [5, 5.41) is 4.16. The van der Waals surface area contributed by atoms with Crippen LogP contribution in [0, 0.1) is 5.92 Å². The predicted octanol–water partition coefficient (Wildman–Crippen LogP) is 4.42. The van der Waals surface area contributed by atoms with Crippen LogP contribution in [0.5, 0.6) is 0 Å². The average Bonchev–Trinajstić information content (AvgIpc) is 3.19. The van der Waals surface area contributed by atoms with E-state index in [1.807, 2.05) is 29.2 Å². The Balaban J connectivity index is 1.29. The van der Waals surface area contributed by atoms with Crippen molar-refractivity contribution in [3.05, 3.63) is 70.2 Å². The van der Waals surface area contributed by atoms with Crippen molar-refractivity contribution in [3.8, 4) is 0 Å². The minimum Gasteiger partial charge on any atom is -0.382 e. The number of likely N-dealkylation sites (tertiary alicyclic amines) is 1. The number of oxime groups is 1. The fourth-order valence-electron chi connectivity index (χ4n) is 3.86. The van der Waals surface area contributed by atoms with E-state index in [9.17, 15) is 4.79 Å². The number of hydrogen-bond acceptors (Lipinski definition) is 3. The molecule has 140 valence electrons. The smallest absolute Gasteiger partial charge is 0.266 e. The number of carbonyl (C=O) groups excluding carboxylic acids is 1. The van der Waals surface area contributed by atoms with Crippen molar-refractivity contribution in [3.63, 3.8) is 0 Å². The lowest BCUT2D eigenvalue weighted by Crippen LogP contribution is -2.44. The van der Waals surface area contributed by atoms with Gasteiger partial charge in [-0.25, -0.2) is 0 Å². The second-order valence-corrected chi connectivity index (χ2v) is 8.22. The highest BCUT2D eigenvalue weighted by Gasteiger charge is 2.34. The zero-order chi connectivity index (χ0) is 18.6. The lowest BCUT2D eigenvalue weighted by Gasteiger charge is -2.33. The van der Waals surface area contributed by atoms with Crippen molar-refractivity contribution in [2.75, 3.05) is 13.1 Å². The maximum Gasteiger partial charge on any atom is 0.266 e. The summed E-state index contributed by atoms with van der Waals surface area (Å²) in [5.41, 5.74) is 3.23. The summed E-state index contributed by atoms with van der Waals surface area (Å²) >= 11 is 3.47. The van der Waals surface area contributed by atoms with Gasteiger partial charge in [-0.15, -0.1) is 0 Å². The molecule has 2 aliphatic heterocycles. The maximum absolute atomic E-state index is 12.8. The van der Waals surface area contributed by atoms with Gasteiger partial charge in [0.2, 0.25) is 6.10 Å². The molecule has 0 saturated carbocycles. The van der Waals surface area contributed by atoms with Crippen LogP contribution in [0.3, 0.4) is 0 Å². The molecule has 0 bridgehead atoms. The summed E-state index contributed by atoms with van der Waals surface area (Å²) in [6.45, 7) is 1.62. The van der Waals surface area contributed by atoms with Gasteiger partial charge >= 0.3 is 0 Å². The number of hydrogen-bond donors (Lipinski definition) is 0. The topological polar surface area (TPSA) is 41.9 Å². The van der Waals surface area contributed by atoms with E-state index in [1.54, 1.807) is 0 Å². The number of nitrogens with zero attached hydrogens (tertiary/aromatic N) is 2. The van der Waals surface area contributed by atoms with Crippen LogP contribution in [-0.4, -0.2) is 35.7 Å². The molecule has 1 unspecified atom stereocenters. The third-order valence-corrected chi connectivity index (χ3v) is 5.89. The summed E-state index contributed by atoms with van der Waals surface area (Å²) in [6.07, 6.45) is 3.25. The molecule has 2 heterocycles. The minimum atomic E-state index is -0.482. The van der Waals surface area contributed by atoms with Crippen molar-refractivity contribution >= 4 is 27.5 Å². The van der Waals surface area contributed by atoms with E-state index in [0.717, 1.165) is 48.1 Å². The van der Waals surface area contributed by atoms with Crippen LogP contribution in [0.25, 0.3) is 0 Å². The Morgan fingerprint density at radius 1 is 1.11 bits per heavy atom. The number of benzene rings is 2. The number of amides is 1. The van der Waals surface area contributed by atoms with E-state index in [0.29, 0.717) is 12.3 Å². The first kappa shape index (κ1) is 18.2. The minimum absolute atomic E-state index is 0.0712. The fraction of sp³-hybridized carbons (Fsp3) is 0.364. The van der Waals surface area contributed by atoms with Crippen LogP contribution < -0.4 is 0 Å². The Morgan fingerprint density at radius 2 is 1.89 bits per heavy atom. The first-order valence-corrected chi connectivity index (χ1v) is 10.3. The Kier molecular flexibility index (Phi) is 5.58. The Bertz CT molecular complexity index is 829. The monoisotopic (exact) mass is 426 g/mol. The zero-order valence-electron chi connectivity index (χ0n) is 15.2. The molecule has 2 aromatic carbocycles. The largest absolute Gasteiger partial charge is 0.382 e. The molecule has 1 amide bonds. The standard InChI is InChI=1S/C22H23BrN2O2/c23-19-8-4-7-18(14-19)20-15-21(27-24-20)22(26)25-11-9-17(10-12-25)13-16-5-2-1-3-6-16/h1-8,14,17,21H,9-13,15H2. The maximum atomic E-state index is 12.8. The van der Waals surface area contributed by atoms with Crippen molar-refractivity contribution in [1.82, 2.24) is 4.90 Å². The third-order valence-electron chi connectivity index (χ3n) is 5.40. The van der Waals surface area contributed by atoms with Crippen LogP contribution in [0.2, 0.25) is 0 Å². The normalized spacial score (nSPS) is 20.3. The molecule has 1 fully saturated rings. The van der Waals surface area contributed by atoms with Gasteiger partial charge in [-0.3, -0.25) is 4.79 Å². The van der Waals surface area contributed by atoms with Crippen LogP contribution in [-0.2, 0) is 16.1 Å². The van der Waals surface area contributed by atoms with Crippen LogP contribution >= 0.6 is 15.9 Å². The van der Waals surface area contributed by atoms with E-state index in [2.05, 4.69) is 51.4 Å². The van der Waals surface area contributed by atoms with Crippen LogP contribution in [0.4, 0.5) is 0 Å². The van der Waals surface area contributed by atoms with Crippen LogP contribution in [0.1, 0.15) is 30.4 Å². The zero-order valence-corrected chi connectivity index (χ0v) is 16.8. The second kappa shape index (κ2) is 8.26.